The number of rotatable bonds is 6. The van der Waals surface area contributed by atoms with Crippen LogP contribution < -0.4 is 5.32 Å². The summed E-state index contributed by atoms with van der Waals surface area (Å²) in [6, 6.07) is 16.6. The van der Waals surface area contributed by atoms with Crippen molar-refractivity contribution in [2.45, 2.75) is 59.0 Å². The predicted octanol–water partition coefficient (Wildman–Crippen LogP) is 4.87. The van der Waals surface area contributed by atoms with Crippen LogP contribution >= 0.6 is 0 Å². The van der Waals surface area contributed by atoms with Crippen LogP contribution in [0.1, 0.15) is 56.2 Å². The lowest BCUT2D eigenvalue weighted by Crippen LogP contribution is -2.42. The minimum absolute atomic E-state index is 0.0177. The van der Waals surface area contributed by atoms with E-state index in [0.717, 1.165) is 30.5 Å². The molecule has 1 saturated heterocycles. The zero-order chi connectivity index (χ0) is 23.4. The van der Waals surface area contributed by atoms with Gasteiger partial charge in [0.2, 0.25) is 17.6 Å². The monoisotopic (exact) mass is 446 g/mol. The quantitative estimate of drug-likeness (QED) is 0.585. The maximum atomic E-state index is 12.8. The van der Waals surface area contributed by atoms with Crippen molar-refractivity contribution >= 4 is 5.91 Å². The van der Waals surface area contributed by atoms with Crippen molar-refractivity contribution < 1.29 is 9.32 Å². The number of benzene rings is 2. The standard InChI is InChI=1S/C27H34N4O2/c1-19-7-5-8-20(15-19)16-28-26(32)22-9-6-14-31(17-22)18-24-29-25(30-33-24)21-10-12-23(13-11-21)27(2,3)4/h5,7-8,10-13,15,22H,6,9,14,16-18H2,1-4H3,(H,28,32). The molecule has 1 aromatic heterocycles. The molecule has 174 valence electrons. The fraction of sp³-hybridized carbons (Fsp3) is 0.444. The first kappa shape index (κ1) is 23.2. The van der Waals surface area contributed by atoms with Gasteiger partial charge < -0.3 is 9.84 Å². The van der Waals surface area contributed by atoms with Crippen LogP contribution in [0, 0.1) is 12.8 Å². The first-order valence-electron chi connectivity index (χ1n) is 11.8. The van der Waals surface area contributed by atoms with Gasteiger partial charge in [0.05, 0.1) is 12.5 Å². The summed E-state index contributed by atoms with van der Waals surface area (Å²) in [7, 11) is 0. The van der Waals surface area contributed by atoms with Gasteiger partial charge in [0, 0.05) is 18.7 Å². The molecule has 0 saturated carbocycles. The molecule has 1 aliphatic rings. The third-order valence-electron chi connectivity index (χ3n) is 6.26. The summed E-state index contributed by atoms with van der Waals surface area (Å²) in [4.78, 5) is 19.6. The Hall–Kier alpha value is -2.99. The van der Waals surface area contributed by atoms with E-state index in [1.807, 2.05) is 24.3 Å². The van der Waals surface area contributed by atoms with Gasteiger partial charge in [-0.15, -0.1) is 0 Å². The Morgan fingerprint density at radius 3 is 2.70 bits per heavy atom. The molecule has 0 spiro atoms. The van der Waals surface area contributed by atoms with E-state index in [2.05, 4.69) is 72.3 Å². The molecule has 1 atom stereocenters. The predicted molar refractivity (Wildman–Crippen MR) is 129 cm³/mol. The van der Waals surface area contributed by atoms with E-state index < -0.39 is 0 Å². The maximum absolute atomic E-state index is 12.8. The van der Waals surface area contributed by atoms with Gasteiger partial charge in [0.1, 0.15) is 0 Å². The Bertz CT molecular complexity index is 1080. The Morgan fingerprint density at radius 1 is 1.18 bits per heavy atom. The summed E-state index contributed by atoms with van der Waals surface area (Å²) in [5.41, 5.74) is 4.66. The van der Waals surface area contributed by atoms with Crippen LogP contribution in [0.25, 0.3) is 11.4 Å². The molecule has 6 nitrogen and oxygen atoms in total. The van der Waals surface area contributed by atoms with Crippen molar-refractivity contribution in [3.8, 4) is 11.4 Å². The topological polar surface area (TPSA) is 71.3 Å². The minimum Gasteiger partial charge on any atom is -0.352 e. The molecule has 6 heteroatoms. The smallest absolute Gasteiger partial charge is 0.241 e. The van der Waals surface area contributed by atoms with Crippen molar-refractivity contribution in [2.24, 2.45) is 5.92 Å². The van der Waals surface area contributed by atoms with E-state index in [1.54, 1.807) is 0 Å². The van der Waals surface area contributed by atoms with Crippen LogP contribution in [-0.2, 0) is 23.3 Å². The molecule has 3 aromatic rings. The maximum Gasteiger partial charge on any atom is 0.241 e. The molecule has 0 bridgehead atoms. The molecule has 1 N–H and O–H groups in total. The summed E-state index contributed by atoms with van der Waals surface area (Å²) >= 11 is 0. The van der Waals surface area contributed by atoms with Crippen molar-refractivity contribution in [1.29, 1.82) is 0 Å². The van der Waals surface area contributed by atoms with E-state index in [-0.39, 0.29) is 17.2 Å². The largest absolute Gasteiger partial charge is 0.352 e. The Balaban J connectivity index is 1.32. The van der Waals surface area contributed by atoms with Gasteiger partial charge in [-0.3, -0.25) is 9.69 Å². The van der Waals surface area contributed by atoms with E-state index in [1.165, 1.54) is 11.1 Å². The first-order valence-corrected chi connectivity index (χ1v) is 11.8. The van der Waals surface area contributed by atoms with Gasteiger partial charge in [-0.25, -0.2) is 0 Å². The summed E-state index contributed by atoms with van der Waals surface area (Å²) < 4.78 is 5.53. The van der Waals surface area contributed by atoms with E-state index >= 15 is 0 Å². The van der Waals surface area contributed by atoms with E-state index in [0.29, 0.717) is 31.3 Å². The van der Waals surface area contributed by atoms with Gasteiger partial charge >= 0.3 is 0 Å². The zero-order valence-corrected chi connectivity index (χ0v) is 20.1. The highest BCUT2D eigenvalue weighted by Crippen LogP contribution is 2.25. The van der Waals surface area contributed by atoms with Crippen LogP contribution in [0.3, 0.4) is 0 Å². The molecule has 1 amide bonds. The van der Waals surface area contributed by atoms with Crippen LogP contribution in [0.4, 0.5) is 0 Å². The molecule has 2 aromatic carbocycles. The van der Waals surface area contributed by atoms with Crippen LogP contribution in [0.5, 0.6) is 0 Å². The fourth-order valence-electron chi connectivity index (χ4n) is 4.32. The Kier molecular flexibility index (Phi) is 6.94. The number of nitrogens with zero attached hydrogens (tertiary/aromatic N) is 3. The first-order chi connectivity index (χ1) is 15.8. The highest BCUT2D eigenvalue weighted by Gasteiger charge is 2.27. The normalized spacial score (nSPS) is 17.2. The van der Waals surface area contributed by atoms with Crippen LogP contribution in [0.2, 0.25) is 0 Å². The number of carbonyl (C=O) groups is 1. The molecular weight excluding hydrogens is 412 g/mol. The number of hydrogen-bond acceptors (Lipinski definition) is 5. The molecule has 0 radical (unpaired) electrons. The minimum atomic E-state index is -0.0177. The van der Waals surface area contributed by atoms with Gasteiger partial charge in [-0.05, 0) is 42.9 Å². The second-order valence-corrected chi connectivity index (χ2v) is 10.1. The number of aromatic nitrogens is 2. The van der Waals surface area contributed by atoms with Gasteiger partial charge in [0.15, 0.2) is 0 Å². The summed E-state index contributed by atoms with van der Waals surface area (Å²) in [6.07, 6.45) is 1.89. The summed E-state index contributed by atoms with van der Waals surface area (Å²) in [6.45, 7) is 11.4. The third-order valence-corrected chi connectivity index (χ3v) is 6.26. The number of carbonyl (C=O) groups excluding carboxylic acids is 1. The molecule has 1 fully saturated rings. The van der Waals surface area contributed by atoms with Gasteiger partial charge in [-0.2, -0.15) is 4.98 Å². The Morgan fingerprint density at radius 2 is 1.97 bits per heavy atom. The van der Waals surface area contributed by atoms with E-state index in [9.17, 15) is 4.79 Å². The summed E-state index contributed by atoms with van der Waals surface area (Å²) in [5, 5.41) is 7.28. The van der Waals surface area contributed by atoms with Gasteiger partial charge in [-0.1, -0.05) is 80.0 Å². The number of nitrogens with one attached hydrogen (secondary N) is 1. The lowest BCUT2D eigenvalue weighted by atomic mass is 9.87. The zero-order valence-electron chi connectivity index (χ0n) is 20.1. The van der Waals surface area contributed by atoms with Crippen molar-refractivity contribution in [2.75, 3.05) is 13.1 Å². The molecular formula is C27H34N4O2. The number of piperidine rings is 1. The Labute approximate surface area is 196 Å². The van der Waals surface area contributed by atoms with Crippen molar-refractivity contribution in [3.05, 3.63) is 71.1 Å². The molecule has 1 unspecified atom stereocenters. The average Bonchev–Trinajstić information content (AvgIpc) is 3.26. The molecule has 1 aliphatic heterocycles. The lowest BCUT2D eigenvalue weighted by Gasteiger charge is -2.30. The highest BCUT2D eigenvalue weighted by molar-refractivity contribution is 5.79. The molecule has 0 aliphatic carbocycles. The van der Waals surface area contributed by atoms with Crippen LogP contribution in [-0.4, -0.2) is 34.0 Å². The number of aryl methyl sites for hydroxylation is 1. The van der Waals surface area contributed by atoms with Crippen molar-refractivity contribution in [1.82, 2.24) is 20.4 Å². The lowest BCUT2D eigenvalue weighted by molar-refractivity contribution is -0.127. The average molecular weight is 447 g/mol. The third kappa shape index (κ3) is 6.08. The summed E-state index contributed by atoms with van der Waals surface area (Å²) in [5.74, 6) is 1.29. The fourth-order valence-corrected chi connectivity index (χ4v) is 4.32. The van der Waals surface area contributed by atoms with Crippen molar-refractivity contribution in [3.63, 3.8) is 0 Å². The molecule has 4 rings (SSSR count). The highest BCUT2D eigenvalue weighted by atomic mass is 16.5. The SMILES string of the molecule is Cc1cccc(CNC(=O)C2CCCN(Cc3nc(-c4ccc(C(C)(C)C)cc4)no3)C2)c1. The number of hydrogen-bond donors (Lipinski definition) is 1. The molecule has 33 heavy (non-hydrogen) atoms. The second-order valence-electron chi connectivity index (χ2n) is 10.1. The second kappa shape index (κ2) is 9.87. The number of likely N-dealkylation sites (tertiary alicyclic amines) is 1. The molecule has 2 heterocycles. The van der Waals surface area contributed by atoms with Crippen LogP contribution in [0.15, 0.2) is 53.1 Å². The number of amides is 1. The van der Waals surface area contributed by atoms with E-state index in [4.69, 9.17) is 4.52 Å². The van der Waals surface area contributed by atoms with Gasteiger partial charge in [0.25, 0.3) is 0 Å².